The van der Waals surface area contributed by atoms with Crippen LogP contribution in [0.5, 0.6) is 5.75 Å². The van der Waals surface area contributed by atoms with Gasteiger partial charge in [-0.3, -0.25) is 19.4 Å². The number of aromatic amines is 1. The van der Waals surface area contributed by atoms with E-state index in [2.05, 4.69) is 15.3 Å². The van der Waals surface area contributed by atoms with Crippen LogP contribution in [0, 0.1) is 6.92 Å². The Morgan fingerprint density at radius 1 is 1.16 bits per heavy atom. The molecule has 31 heavy (non-hydrogen) atoms. The topological polar surface area (TPSA) is 133 Å². The molecule has 0 amide bonds. The first-order valence-electron chi connectivity index (χ1n) is 9.68. The lowest BCUT2D eigenvalue weighted by molar-refractivity contribution is -0.137. The quantitative estimate of drug-likeness (QED) is 0.366. The molecule has 0 radical (unpaired) electrons. The van der Waals surface area contributed by atoms with Crippen LogP contribution >= 0.6 is 0 Å². The number of aromatic nitrogens is 2. The maximum atomic E-state index is 12.5. The monoisotopic (exact) mass is 420 g/mol. The predicted octanol–water partition coefficient (Wildman–Crippen LogP) is 4.88. The third-order valence-corrected chi connectivity index (χ3v) is 4.84. The largest absolute Gasteiger partial charge is 0.505 e. The lowest BCUT2D eigenvalue weighted by Crippen LogP contribution is -2.17. The fourth-order valence-corrected chi connectivity index (χ4v) is 3.29. The predicted molar refractivity (Wildman–Crippen MR) is 114 cm³/mol. The standard InChI is InChI=1S/C22H20N4O5/c1-13-20(22(30)26(25-13)11-5-10-19(27)28)24-23-16-8-4-7-15(21(16)29)18-12-14-6-2-3-9-17(14)31-18/h2-4,6-9,12,25,29H,5,10-11H2,1H3,(H,27,28). The van der Waals surface area contributed by atoms with Gasteiger partial charge in [-0.05, 0) is 37.6 Å². The minimum absolute atomic E-state index is 0.0379. The Morgan fingerprint density at radius 2 is 1.97 bits per heavy atom. The van der Waals surface area contributed by atoms with E-state index < -0.39 is 11.5 Å². The number of aryl methyl sites for hydroxylation is 2. The van der Waals surface area contributed by atoms with E-state index in [-0.39, 0.29) is 30.1 Å². The maximum absolute atomic E-state index is 12.5. The second-order valence-electron chi connectivity index (χ2n) is 7.06. The van der Waals surface area contributed by atoms with Gasteiger partial charge in [0, 0.05) is 18.4 Å². The van der Waals surface area contributed by atoms with E-state index >= 15 is 0 Å². The molecular formula is C22H20N4O5. The number of nitrogens with one attached hydrogen (secondary N) is 1. The summed E-state index contributed by atoms with van der Waals surface area (Å²) >= 11 is 0. The summed E-state index contributed by atoms with van der Waals surface area (Å²) in [5, 5.41) is 31.3. The zero-order chi connectivity index (χ0) is 22.0. The molecule has 2 heterocycles. The molecule has 0 atom stereocenters. The zero-order valence-electron chi connectivity index (χ0n) is 16.7. The molecule has 0 saturated heterocycles. The van der Waals surface area contributed by atoms with Crippen molar-refractivity contribution in [2.24, 2.45) is 10.2 Å². The van der Waals surface area contributed by atoms with Gasteiger partial charge in [-0.1, -0.05) is 24.3 Å². The third-order valence-electron chi connectivity index (χ3n) is 4.84. The first-order valence-corrected chi connectivity index (χ1v) is 9.68. The highest BCUT2D eigenvalue weighted by Crippen LogP contribution is 2.39. The van der Waals surface area contributed by atoms with Crippen molar-refractivity contribution in [1.82, 2.24) is 9.78 Å². The summed E-state index contributed by atoms with van der Waals surface area (Å²) in [7, 11) is 0. The molecule has 4 aromatic rings. The van der Waals surface area contributed by atoms with Crippen molar-refractivity contribution in [2.75, 3.05) is 0 Å². The Morgan fingerprint density at radius 3 is 2.74 bits per heavy atom. The fraction of sp³-hybridized carbons (Fsp3) is 0.182. The van der Waals surface area contributed by atoms with Crippen LogP contribution in [0.3, 0.4) is 0 Å². The average Bonchev–Trinajstić information content (AvgIpc) is 3.28. The smallest absolute Gasteiger partial charge is 0.303 e. The van der Waals surface area contributed by atoms with Gasteiger partial charge in [0.2, 0.25) is 0 Å². The molecule has 2 aromatic heterocycles. The van der Waals surface area contributed by atoms with E-state index in [0.717, 1.165) is 5.39 Å². The molecule has 0 fully saturated rings. The van der Waals surface area contributed by atoms with Gasteiger partial charge in [0.05, 0.1) is 11.3 Å². The molecular weight excluding hydrogens is 400 g/mol. The van der Waals surface area contributed by atoms with E-state index in [0.29, 0.717) is 29.0 Å². The lowest BCUT2D eigenvalue weighted by Gasteiger charge is -2.03. The first-order chi connectivity index (χ1) is 14.9. The van der Waals surface area contributed by atoms with Crippen LogP contribution in [-0.4, -0.2) is 26.0 Å². The van der Waals surface area contributed by atoms with E-state index in [1.54, 1.807) is 25.1 Å². The van der Waals surface area contributed by atoms with Crippen molar-refractivity contribution in [3.8, 4) is 17.1 Å². The fourth-order valence-electron chi connectivity index (χ4n) is 3.29. The number of carboxylic acid groups (broad SMARTS) is 1. The number of H-pyrrole nitrogens is 1. The summed E-state index contributed by atoms with van der Waals surface area (Å²) in [4.78, 5) is 23.2. The number of furan rings is 1. The van der Waals surface area contributed by atoms with Crippen molar-refractivity contribution < 1.29 is 19.4 Å². The minimum atomic E-state index is -0.920. The minimum Gasteiger partial charge on any atom is -0.505 e. The Balaban J connectivity index is 1.62. The number of rotatable bonds is 7. The molecule has 0 aliphatic rings. The van der Waals surface area contributed by atoms with Crippen LogP contribution < -0.4 is 5.56 Å². The number of phenols is 1. The average molecular weight is 420 g/mol. The zero-order valence-corrected chi connectivity index (χ0v) is 16.7. The van der Waals surface area contributed by atoms with E-state index in [1.807, 2.05) is 30.3 Å². The molecule has 0 unspecified atom stereocenters. The summed E-state index contributed by atoms with van der Waals surface area (Å²) in [6.45, 7) is 1.91. The number of azo groups is 1. The number of fused-ring (bicyclic) bond motifs is 1. The normalized spacial score (nSPS) is 11.5. The van der Waals surface area contributed by atoms with Gasteiger partial charge in [0.15, 0.2) is 11.4 Å². The summed E-state index contributed by atoms with van der Waals surface area (Å²) in [5.41, 5.74) is 1.55. The summed E-state index contributed by atoms with van der Waals surface area (Å²) in [5.74, 6) is -0.536. The Kier molecular flexibility index (Phi) is 5.40. The van der Waals surface area contributed by atoms with Gasteiger partial charge in [-0.15, -0.1) is 10.2 Å². The molecule has 0 bridgehead atoms. The molecule has 9 heteroatoms. The van der Waals surface area contributed by atoms with Crippen molar-refractivity contribution >= 4 is 28.3 Å². The third kappa shape index (κ3) is 4.11. The Labute approximate surface area is 176 Å². The van der Waals surface area contributed by atoms with E-state index in [1.165, 1.54) is 4.68 Å². The molecule has 158 valence electrons. The SMILES string of the molecule is Cc1[nH]n(CCCC(=O)O)c(=O)c1N=Nc1cccc(-c2cc3ccccc3o2)c1O. The summed E-state index contributed by atoms with van der Waals surface area (Å²) in [6, 6.07) is 14.4. The van der Waals surface area contributed by atoms with Crippen molar-refractivity contribution in [2.45, 2.75) is 26.3 Å². The second kappa shape index (κ2) is 8.31. The number of aliphatic carboxylic acids is 1. The van der Waals surface area contributed by atoms with Gasteiger partial charge in [-0.2, -0.15) is 0 Å². The van der Waals surface area contributed by atoms with Crippen LogP contribution in [0.15, 0.2) is 68.0 Å². The number of para-hydroxylation sites is 2. The van der Waals surface area contributed by atoms with Crippen molar-refractivity contribution in [3.63, 3.8) is 0 Å². The van der Waals surface area contributed by atoms with E-state index in [4.69, 9.17) is 9.52 Å². The number of hydrogen-bond acceptors (Lipinski definition) is 6. The summed E-state index contributed by atoms with van der Waals surface area (Å²) in [6.07, 6.45) is 0.274. The molecule has 0 spiro atoms. The van der Waals surface area contributed by atoms with Gasteiger partial charge >= 0.3 is 5.97 Å². The maximum Gasteiger partial charge on any atom is 0.303 e. The molecule has 0 aliphatic heterocycles. The molecule has 2 aromatic carbocycles. The number of nitrogens with zero attached hydrogens (tertiary/aromatic N) is 3. The number of phenolic OH excluding ortho intramolecular Hbond substituents is 1. The van der Waals surface area contributed by atoms with Crippen LogP contribution in [0.1, 0.15) is 18.5 Å². The number of hydrogen-bond donors (Lipinski definition) is 3. The highest BCUT2D eigenvalue weighted by atomic mass is 16.4. The van der Waals surface area contributed by atoms with Crippen molar-refractivity contribution in [1.29, 1.82) is 0 Å². The summed E-state index contributed by atoms with van der Waals surface area (Å²) < 4.78 is 7.12. The van der Waals surface area contributed by atoms with E-state index in [9.17, 15) is 14.7 Å². The molecule has 0 saturated carbocycles. The van der Waals surface area contributed by atoms with Crippen molar-refractivity contribution in [3.05, 3.63) is 64.6 Å². The molecule has 3 N–H and O–H groups in total. The van der Waals surface area contributed by atoms with Gasteiger partial charge < -0.3 is 14.6 Å². The number of aromatic hydroxyl groups is 1. The Hall–Kier alpha value is -4.14. The highest BCUT2D eigenvalue weighted by molar-refractivity contribution is 5.85. The van der Waals surface area contributed by atoms with Crippen LogP contribution in [0.2, 0.25) is 0 Å². The second-order valence-corrected chi connectivity index (χ2v) is 7.06. The lowest BCUT2D eigenvalue weighted by atomic mass is 10.1. The highest BCUT2D eigenvalue weighted by Gasteiger charge is 2.15. The van der Waals surface area contributed by atoms with Crippen LogP contribution in [0.25, 0.3) is 22.3 Å². The van der Waals surface area contributed by atoms with Gasteiger partial charge in [-0.25, -0.2) is 0 Å². The molecule has 4 rings (SSSR count). The number of benzene rings is 2. The number of carboxylic acids is 1. The number of carbonyl (C=O) groups is 1. The molecule has 9 nitrogen and oxygen atoms in total. The Bertz CT molecular complexity index is 1310. The van der Waals surface area contributed by atoms with Gasteiger partial charge in [0.25, 0.3) is 5.56 Å². The molecule has 0 aliphatic carbocycles. The first kappa shape index (κ1) is 20.1. The van der Waals surface area contributed by atoms with Gasteiger partial charge in [0.1, 0.15) is 17.0 Å². The van der Waals surface area contributed by atoms with Crippen LogP contribution in [0.4, 0.5) is 11.4 Å². The van der Waals surface area contributed by atoms with Crippen LogP contribution in [-0.2, 0) is 11.3 Å².